The number of hydrogen-bond donors (Lipinski definition) is 0. The van der Waals surface area contributed by atoms with Gasteiger partial charge in [0.15, 0.2) is 5.79 Å². The highest BCUT2D eigenvalue weighted by Crippen LogP contribution is 2.23. The number of rotatable bonds is 1. The monoisotopic (exact) mass is 155 g/mol. The van der Waals surface area contributed by atoms with Crippen LogP contribution in [0.25, 0.3) is 0 Å². The first kappa shape index (κ1) is 8.51. The maximum Gasteiger partial charge on any atom is 0.163 e. The molecule has 0 aliphatic carbocycles. The molecule has 3 heteroatoms. The normalized spacial score (nSPS) is 29.4. The molecule has 1 fully saturated rings. The zero-order valence-electron chi connectivity index (χ0n) is 6.96. The molecule has 1 atom stereocenters. The fraction of sp³-hybridized carbons (Fsp3) is 0.875. The lowest BCUT2D eigenvalue weighted by Gasteiger charge is -2.35. The summed E-state index contributed by atoms with van der Waals surface area (Å²) in [7, 11) is 0. The third-order valence-corrected chi connectivity index (χ3v) is 1.66. The number of nitrogens with zero attached hydrogens (tertiary/aromatic N) is 1. The van der Waals surface area contributed by atoms with Crippen molar-refractivity contribution >= 4 is 0 Å². The summed E-state index contributed by atoms with van der Waals surface area (Å²) in [6, 6.07) is 2.09. The van der Waals surface area contributed by atoms with Crippen molar-refractivity contribution in [2.45, 2.75) is 38.6 Å². The summed E-state index contributed by atoms with van der Waals surface area (Å²) in [4.78, 5) is 0. The fourth-order valence-corrected chi connectivity index (χ4v) is 1.18. The number of hydrogen-bond acceptors (Lipinski definition) is 3. The van der Waals surface area contributed by atoms with E-state index >= 15 is 0 Å². The Bertz CT molecular complexity index is 171. The van der Waals surface area contributed by atoms with Crippen molar-refractivity contribution in [3.05, 3.63) is 0 Å². The van der Waals surface area contributed by atoms with E-state index in [4.69, 9.17) is 14.7 Å². The molecule has 1 rings (SSSR count). The van der Waals surface area contributed by atoms with Gasteiger partial charge >= 0.3 is 0 Å². The van der Waals surface area contributed by atoms with Crippen LogP contribution >= 0.6 is 0 Å². The van der Waals surface area contributed by atoms with E-state index in [2.05, 4.69) is 6.07 Å². The van der Waals surface area contributed by atoms with Crippen LogP contribution in [0.4, 0.5) is 0 Å². The van der Waals surface area contributed by atoms with Crippen LogP contribution in [0.2, 0.25) is 0 Å². The van der Waals surface area contributed by atoms with Gasteiger partial charge in [0.05, 0.1) is 25.2 Å². The van der Waals surface area contributed by atoms with Crippen LogP contribution in [0.1, 0.15) is 26.7 Å². The smallest absolute Gasteiger partial charge is 0.163 e. The second-order valence-electron chi connectivity index (χ2n) is 3.14. The van der Waals surface area contributed by atoms with Gasteiger partial charge in [0.25, 0.3) is 0 Å². The lowest BCUT2D eigenvalue weighted by atomic mass is 10.1. The predicted octanol–water partition coefficient (Wildman–Crippen LogP) is 1.44. The fourth-order valence-electron chi connectivity index (χ4n) is 1.18. The first-order chi connectivity index (χ1) is 5.14. The van der Waals surface area contributed by atoms with Gasteiger partial charge in [0, 0.05) is 0 Å². The molecule has 11 heavy (non-hydrogen) atoms. The molecule has 0 aromatic rings. The van der Waals surface area contributed by atoms with Gasteiger partial charge in [-0.1, -0.05) is 0 Å². The van der Waals surface area contributed by atoms with Crippen LogP contribution in [-0.2, 0) is 9.47 Å². The highest BCUT2D eigenvalue weighted by molar-refractivity contribution is 4.79. The highest BCUT2D eigenvalue weighted by Gasteiger charge is 2.28. The lowest BCUT2D eigenvalue weighted by Crippen LogP contribution is -2.39. The molecule has 0 saturated carbocycles. The van der Waals surface area contributed by atoms with E-state index in [1.54, 1.807) is 0 Å². The number of ether oxygens (including phenoxy) is 2. The van der Waals surface area contributed by atoms with E-state index in [0.29, 0.717) is 13.0 Å². The molecule has 0 spiro atoms. The molecule has 1 saturated heterocycles. The van der Waals surface area contributed by atoms with E-state index in [1.807, 2.05) is 13.8 Å². The molecule has 0 radical (unpaired) electrons. The van der Waals surface area contributed by atoms with Crippen molar-refractivity contribution < 1.29 is 9.47 Å². The maximum absolute atomic E-state index is 8.42. The summed E-state index contributed by atoms with van der Waals surface area (Å²) in [5, 5.41) is 8.42. The van der Waals surface area contributed by atoms with E-state index < -0.39 is 5.79 Å². The Labute approximate surface area is 66.9 Å². The van der Waals surface area contributed by atoms with Gasteiger partial charge in [-0.2, -0.15) is 5.26 Å². The lowest BCUT2D eigenvalue weighted by molar-refractivity contribution is -0.271. The zero-order valence-corrected chi connectivity index (χ0v) is 6.96. The number of nitriles is 1. The van der Waals surface area contributed by atoms with Crippen molar-refractivity contribution in [3.63, 3.8) is 0 Å². The SMILES string of the molecule is CC1(C)OCC[C@@H](CC#N)O1. The Morgan fingerprint density at radius 2 is 2.36 bits per heavy atom. The van der Waals surface area contributed by atoms with E-state index in [9.17, 15) is 0 Å². The molecule has 0 amide bonds. The van der Waals surface area contributed by atoms with Gasteiger partial charge in [-0.3, -0.25) is 0 Å². The molecule has 3 nitrogen and oxygen atoms in total. The summed E-state index contributed by atoms with van der Waals surface area (Å²) < 4.78 is 10.8. The highest BCUT2D eigenvalue weighted by atomic mass is 16.7. The van der Waals surface area contributed by atoms with Crippen molar-refractivity contribution in [1.82, 2.24) is 0 Å². The Morgan fingerprint density at radius 1 is 1.64 bits per heavy atom. The minimum absolute atomic E-state index is 0.0590. The van der Waals surface area contributed by atoms with Crippen LogP contribution in [0, 0.1) is 11.3 Å². The topological polar surface area (TPSA) is 42.2 Å². The second-order valence-corrected chi connectivity index (χ2v) is 3.14. The van der Waals surface area contributed by atoms with Gasteiger partial charge in [-0.25, -0.2) is 0 Å². The molecule has 1 heterocycles. The Morgan fingerprint density at radius 3 is 2.91 bits per heavy atom. The molecule has 0 N–H and O–H groups in total. The molecule has 0 aromatic heterocycles. The summed E-state index contributed by atoms with van der Waals surface area (Å²) in [6.07, 6.45) is 1.35. The van der Waals surface area contributed by atoms with Gasteiger partial charge in [0.1, 0.15) is 0 Å². The molecule has 1 aliphatic rings. The molecular formula is C8H13NO2. The largest absolute Gasteiger partial charge is 0.350 e. The Balaban J connectivity index is 2.41. The van der Waals surface area contributed by atoms with E-state index in [1.165, 1.54) is 0 Å². The predicted molar refractivity (Wildman–Crippen MR) is 39.8 cm³/mol. The Hall–Kier alpha value is -0.590. The third-order valence-electron chi connectivity index (χ3n) is 1.66. The summed E-state index contributed by atoms with van der Waals surface area (Å²) >= 11 is 0. The molecule has 0 bridgehead atoms. The van der Waals surface area contributed by atoms with Gasteiger partial charge in [0.2, 0.25) is 0 Å². The summed E-state index contributed by atoms with van der Waals surface area (Å²) in [6.45, 7) is 4.44. The van der Waals surface area contributed by atoms with Crippen LogP contribution in [0.3, 0.4) is 0 Å². The first-order valence-corrected chi connectivity index (χ1v) is 3.83. The van der Waals surface area contributed by atoms with Crippen molar-refractivity contribution in [1.29, 1.82) is 5.26 Å². The molecule has 0 aromatic carbocycles. The zero-order chi connectivity index (χ0) is 8.32. The van der Waals surface area contributed by atoms with E-state index in [0.717, 1.165) is 6.42 Å². The molecule has 1 aliphatic heterocycles. The first-order valence-electron chi connectivity index (χ1n) is 3.83. The van der Waals surface area contributed by atoms with Crippen molar-refractivity contribution in [3.8, 4) is 6.07 Å². The summed E-state index contributed by atoms with van der Waals surface area (Å²) in [5.41, 5.74) is 0. The van der Waals surface area contributed by atoms with E-state index in [-0.39, 0.29) is 6.10 Å². The average Bonchev–Trinajstić information content (AvgIpc) is 1.85. The van der Waals surface area contributed by atoms with Crippen LogP contribution in [-0.4, -0.2) is 18.5 Å². The summed E-state index contributed by atoms with van der Waals surface area (Å²) in [5.74, 6) is -0.500. The Kier molecular flexibility index (Phi) is 2.48. The third kappa shape index (κ3) is 2.49. The maximum atomic E-state index is 8.42. The molecular weight excluding hydrogens is 142 g/mol. The standard InChI is InChI=1S/C8H13NO2/c1-8(2)10-6-4-7(11-8)3-5-9/h7H,3-4,6H2,1-2H3/t7-/m1/s1. The van der Waals surface area contributed by atoms with Crippen molar-refractivity contribution in [2.24, 2.45) is 0 Å². The minimum atomic E-state index is -0.500. The minimum Gasteiger partial charge on any atom is -0.350 e. The quantitative estimate of drug-likeness (QED) is 0.575. The average molecular weight is 155 g/mol. The van der Waals surface area contributed by atoms with Gasteiger partial charge in [-0.15, -0.1) is 0 Å². The van der Waals surface area contributed by atoms with Crippen molar-refractivity contribution in [2.75, 3.05) is 6.61 Å². The van der Waals surface area contributed by atoms with Crippen LogP contribution in [0.5, 0.6) is 0 Å². The molecule has 0 unspecified atom stereocenters. The van der Waals surface area contributed by atoms with Crippen LogP contribution in [0.15, 0.2) is 0 Å². The van der Waals surface area contributed by atoms with Gasteiger partial charge < -0.3 is 9.47 Å². The second kappa shape index (κ2) is 3.21. The molecule has 62 valence electrons. The van der Waals surface area contributed by atoms with Crippen LogP contribution < -0.4 is 0 Å². The van der Waals surface area contributed by atoms with Gasteiger partial charge in [-0.05, 0) is 20.3 Å².